The molecule has 78 valence electrons. The molecule has 2 aromatic rings. The smallest absolute Gasteiger partial charge is 0.0985 e. The Balaban J connectivity index is 2.58. The van der Waals surface area contributed by atoms with Crippen LogP contribution < -0.4 is 17.2 Å². The molecule has 0 saturated heterocycles. The van der Waals surface area contributed by atoms with Gasteiger partial charge in [-0.05, 0) is 18.2 Å². The van der Waals surface area contributed by atoms with Gasteiger partial charge < -0.3 is 21.6 Å². The molecule has 6 N–H and O–H groups in total. The number of furan rings is 1. The maximum atomic E-state index is 5.87. The Morgan fingerprint density at radius 2 is 1.87 bits per heavy atom. The topological polar surface area (TPSA) is 91.2 Å². The highest BCUT2D eigenvalue weighted by Crippen LogP contribution is 2.31. The second-order valence-electron chi connectivity index (χ2n) is 3.36. The van der Waals surface area contributed by atoms with E-state index in [1.54, 1.807) is 24.7 Å². The minimum absolute atomic E-state index is 0.417. The number of hydrogen-bond acceptors (Lipinski definition) is 4. The van der Waals surface area contributed by atoms with Crippen molar-refractivity contribution >= 4 is 11.4 Å². The van der Waals surface area contributed by atoms with Gasteiger partial charge in [0.05, 0.1) is 12.5 Å². The molecule has 0 radical (unpaired) electrons. The molecule has 15 heavy (non-hydrogen) atoms. The molecule has 0 aliphatic carbocycles. The minimum Gasteiger partial charge on any atom is -0.472 e. The van der Waals surface area contributed by atoms with Gasteiger partial charge in [0.15, 0.2) is 0 Å². The zero-order valence-electron chi connectivity index (χ0n) is 8.23. The van der Waals surface area contributed by atoms with E-state index in [-0.39, 0.29) is 0 Å². The van der Waals surface area contributed by atoms with Gasteiger partial charge in [-0.1, -0.05) is 0 Å². The van der Waals surface area contributed by atoms with Crippen LogP contribution in [0, 0.1) is 0 Å². The lowest BCUT2D eigenvalue weighted by Crippen LogP contribution is -1.98. The molecule has 0 bridgehead atoms. The van der Waals surface area contributed by atoms with Crippen LogP contribution in [0.5, 0.6) is 0 Å². The summed E-state index contributed by atoms with van der Waals surface area (Å²) < 4.78 is 5.11. The summed E-state index contributed by atoms with van der Waals surface area (Å²) in [7, 11) is 0. The standard InChI is InChI=1S/C11H13N3O/c12-4-7-5-15-6-10(7)9-3-8(13)1-2-11(9)14/h1-3,5-6H,4,12-14H2. The van der Waals surface area contributed by atoms with Crippen LogP contribution in [0.4, 0.5) is 11.4 Å². The average molecular weight is 203 g/mol. The summed E-state index contributed by atoms with van der Waals surface area (Å²) in [4.78, 5) is 0. The Hall–Kier alpha value is -1.94. The molecule has 0 amide bonds. The summed E-state index contributed by atoms with van der Waals surface area (Å²) in [5.41, 5.74) is 21.2. The van der Waals surface area contributed by atoms with Gasteiger partial charge in [-0.3, -0.25) is 0 Å². The van der Waals surface area contributed by atoms with E-state index in [9.17, 15) is 0 Å². The van der Waals surface area contributed by atoms with Gasteiger partial charge in [0.1, 0.15) is 0 Å². The van der Waals surface area contributed by atoms with E-state index in [4.69, 9.17) is 21.6 Å². The monoisotopic (exact) mass is 203 g/mol. The van der Waals surface area contributed by atoms with Crippen LogP contribution >= 0.6 is 0 Å². The lowest BCUT2D eigenvalue weighted by Gasteiger charge is -2.06. The van der Waals surface area contributed by atoms with E-state index in [2.05, 4.69) is 0 Å². The molecule has 0 saturated carbocycles. The van der Waals surface area contributed by atoms with Crippen molar-refractivity contribution in [1.29, 1.82) is 0 Å². The Morgan fingerprint density at radius 3 is 2.60 bits per heavy atom. The molecule has 4 heteroatoms. The predicted molar refractivity (Wildman–Crippen MR) is 60.9 cm³/mol. The third-order valence-corrected chi connectivity index (χ3v) is 2.33. The summed E-state index contributed by atoms with van der Waals surface area (Å²) in [6.45, 7) is 0.417. The molecule has 2 rings (SSSR count). The third kappa shape index (κ3) is 1.67. The summed E-state index contributed by atoms with van der Waals surface area (Å²) in [5, 5.41) is 0. The van der Waals surface area contributed by atoms with E-state index in [1.807, 2.05) is 6.07 Å². The number of nitrogen functional groups attached to an aromatic ring is 2. The van der Waals surface area contributed by atoms with E-state index >= 15 is 0 Å². The van der Waals surface area contributed by atoms with Crippen LogP contribution in [0.25, 0.3) is 11.1 Å². The number of hydrogen-bond donors (Lipinski definition) is 3. The van der Waals surface area contributed by atoms with Crippen LogP contribution in [0.3, 0.4) is 0 Å². The van der Waals surface area contributed by atoms with Gasteiger partial charge in [0.2, 0.25) is 0 Å². The van der Waals surface area contributed by atoms with Crippen molar-refractivity contribution in [3.05, 3.63) is 36.3 Å². The van der Waals surface area contributed by atoms with Gasteiger partial charge in [0.25, 0.3) is 0 Å². The van der Waals surface area contributed by atoms with Crippen molar-refractivity contribution in [3.8, 4) is 11.1 Å². The number of benzene rings is 1. The third-order valence-electron chi connectivity index (χ3n) is 2.33. The summed E-state index contributed by atoms with van der Waals surface area (Å²) in [6.07, 6.45) is 3.26. The van der Waals surface area contributed by atoms with E-state index < -0.39 is 0 Å². The second kappa shape index (κ2) is 3.67. The van der Waals surface area contributed by atoms with Gasteiger partial charge >= 0.3 is 0 Å². The Labute approximate surface area is 87.7 Å². The number of rotatable bonds is 2. The molecule has 4 nitrogen and oxygen atoms in total. The fourth-order valence-corrected chi connectivity index (χ4v) is 1.53. The van der Waals surface area contributed by atoms with Crippen LogP contribution in [0.2, 0.25) is 0 Å². The van der Waals surface area contributed by atoms with E-state index in [0.29, 0.717) is 17.9 Å². The average Bonchev–Trinajstić information content (AvgIpc) is 2.69. The van der Waals surface area contributed by atoms with Crippen molar-refractivity contribution in [1.82, 2.24) is 0 Å². The van der Waals surface area contributed by atoms with Gasteiger partial charge in [-0.25, -0.2) is 0 Å². The highest BCUT2D eigenvalue weighted by molar-refractivity contribution is 5.80. The number of anilines is 2. The molecule has 0 unspecified atom stereocenters. The lowest BCUT2D eigenvalue weighted by atomic mass is 10.0. The van der Waals surface area contributed by atoms with Crippen molar-refractivity contribution in [2.24, 2.45) is 5.73 Å². The quantitative estimate of drug-likeness (QED) is 0.646. The molecule has 0 aliphatic rings. The Bertz CT molecular complexity index is 476. The molecule has 0 fully saturated rings. The maximum absolute atomic E-state index is 5.87. The molecule has 0 atom stereocenters. The van der Waals surface area contributed by atoms with Crippen LogP contribution in [0.15, 0.2) is 35.1 Å². The Morgan fingerprint density at radius 1 is 1.07 bits per heavy atom. The molecular weight excluding hydrogens is 190 g/mol. The zero-order valence-corrected chi connectivity index (χ0v) is 8.23. The SMILES string of the molecule is NCc1cocc1-c1cc(N)ccc1N. The van der Waals surface area contributed by atoms with Crippen LogP contribution in [0.1, 0.15) is 5.56 Å². The van der Waals surface area contributed by atoms with Gasteiger partial charge in [-0.15, -0.1) is 0 Å². The number of nitrogens with two attached hydrogens (primary N) is 3. The molecule has 1 aromatic heterocycles. The molecule has 1 aromatic carbocycles. The summed E-state index contributed by atoms with van der Waals surface area (Å²) in [6, 6.07) is 5.36. The van der Waals surface area contributed by atoms with Gasteiger partial charge in [0, 0.05) is 34.6 Å². The first kappa shape index (κ1) is 9.61. The predicted octanol–water partition coefficient (Wildman–Crippen LogP) is 1.57. The zero-order chi connectivity index (χ0) is 10.8. The van der Waals surface area contributed by atoms with Crippen molar-refractivity contribution < 1.29 is 4.42 Å². The Kier molecular flexibility index (Phi) is 2.35. The highest BCUT2D eigenvalue weighted by atomic mass is 16.3. The minimum atomic E-state index is 0.417. The summed E-state index contributed by atoms with van der Waals surface area (Å²) >= 11 is 0. The first-order chi connectivity index (χ1) is 7.22. The lowest BCUT2D eigenvalue weighted by molar-refractivity contribution is 0.564. The highest BCUT2D eigenvalue weighted by Gasteiger charge is 2.09. The van der Waals surface area contributed by atoms with Crippen molar-refractivity contribution in [2.75, 3.05) is 11.5 Å². The normalized spacial score (nSPS) is 10.5. The first-order valence-corrected chi connectivity index (χ1v) is 4.63. The van der Waals surface area contributed by atoms with Crippen molar-refractivity contribution in [3.63, 3.8) is 0 Å². The first-order valence-electron chi connectivity index (χ1n) is 4.63. The maximum Gasteiger partial charge on any atom is 0.0985 e. The van der Waals surface area contributed by atoms with E-state index in [0.717, 1.165) is 16.7 Å². The van der Waals surface area contributed by atoms with E-state index in [1.165, 1.54) is 0 Å². The van der Waals surface area contributed by atoms with Crippen LogP contribution in [-0.2, 0) is 6.54 Å². The van der Waals surface area contributed by atoms with Gasteiger partial charge in [-0.2, -0.15) is 0 Å². The summed E-state index contributed by atoms with van der Waals surface area (Å²) in [5.74, 6) is 0. The fourth-order valence-electron chi connectivity index (χ4n) is 1.53. The largest absolute Gasteiger partial charge is 0.472 e. The second-order valence-corrected chi connectivity index (χ2v) is 3.36. The molecule has 1 heterocycles. The fraction of sp³-hybridized carbons (Fsp3) is 0.0909. The molecule has 0 spiro atoms. The van der Waals surface area contributed by atoms with Crippen LogP contribution in [-0.4, -0.2) is 0 Å². The molecular formula is C11H13N3O. The molecule has 0 aliphatic heterocycles. The van der Waals surface area contributed by atoms with Crippen molar-refractivity contribution in [2.45, 2.75) is 6.54 Å².